The molecule has 2 rings (SSSR count). The van der Waals surface area contributed by atoms with Gasteiger partial charge in [0.15, 0.2) is 5.96 Å². The number of halogens is 1. The molecule has 0 aliphatic carbocycles. The molecule has 7 heteroatoms. The average molecular weight is 484 g/mol. The Kier molecular flexibility index (Phi) is 11.4. The topological polar surface area (TPSA) is 67.8 Å². The third kappa shape index (κ3) is 8.57. The van der Waals surface area contributed by atoms with Crippen molar-refractivity contribution in [3.63, 3.8) is 0 Å². The van der Waals surface area contributed by atoms with Crippen LogP contribution in [0.5, 0.6) is 5.88 Å². The highest BCUT2D eigenvalue weighted by atomic mass is 127. The zero-order valence-corrected chi connectivity index (χ0v) is 18.5. The SMILES string of the molecule is CCNC(=NCc1ccc(OCCOC)nc1)NCc1ccccc1C.I. The molecule has 0 aliphatic rings. The van der Waals surface area contributed by atoms with Crippen molar-refractivity contribution in [3.8, 4) is 5.88 Å². The van der Waals surface area contributed by atoms with Crippen LogP contribution in [0.25, 0.3) is 0 Å². The second-order valence-corrected chi connectivity index (χ2v) is 5.82. The van der Waals surface area contributed by atoms with Gasteiger partial charge >= 0.3 is 0 Å². The zero-order chi connectivity index (χ0) is 18.6. The van der Waals surface area contributed by atoms with E-state index in [1.54, 1.807) is 13.3 Å². The molecule has 148 valence electrons. The van der Waals surface area contributed by atoms with Crippen molar-refractivity contribution in [3.05, 3.63) is 59.3 Å². The van der Waals surface area contributed by atoms with E-state index in [2.05, 4.69) is 52.7 Å². The van der Waals surface area contributed by atoms with Crippen LogP contribution in [0.2, 0.25) is 0 Å². The van der Waals surface area contributed by atoms with Crippen LogP contribution in [0, 0.1) is 6.92 Å². The summed E-state index contributed by atoms with van der Waals surface area (Å²) in [5, 5.41) is 6.64. The lowest BCUT2D eigenvalue weighted by molar-refractivity contribution is 0.143. The number of aliphatic imine (C=N–C) groups is 1. The number of guanidine groups is 1. The summed E-state index contributed by atoms with van der Waals surface area (Å²) in [7, 11) is 1.65. The smallest absolute Gasteiger partial charge is 0.213 e. The third-order valence-electron chi connectivity index (χ3n) is 3.81. The Hall–Kier alpha value is -1.87. The summed E-state index contributed by atoms with van der Waals surface area (Å²) in [5.74, 6) is 1.38. The van der Waals surface area contributed by atoms with Crippen LogP contribution < -0.4 is 15.4 Å². The number of ether oxygens (including phenoxy) is 2. The number of benzene rings is 1. The second-order valence-electron chi connectivity index (χ2n) is 5.82. The first-order valence-electron chi connectivity index (χ1n) is 8.86. The number of rotatable bonds is 9. The van der Waals surface area contributed by atoms with Crippen molar-refractivity contribution in [2.24, 2.45) is 4.99 Å². The lowest BCUT2D eigenvalue weighted by atomic mass is 10.1. The van der Waals surface area contributed by atoms with E-state index in [0.29, 0.717) is 25.6 Å². The molecule has 1 aromatic heterocycles. The summed E-state index contributed by atoms with van der Waals surface area (Å²) in [4.78, 5) is 8.92. The first-order chi connectivity index (χ1) is 12.7. The van der Waals surface area contributed by atoms with Crippen molar-refractivity contribution < 1.29 is 9.47 Å². The summed E-state index contributed by atoms with van der Waals surface area (Å²) < 4.78 is 10.4. The molecular formula is C20H29IN4O2. The summed E-state index contributed by atoms with van der Waals surface area (Å²) in [6, 6.07) is 12.2. The van der Waals surface area contributed by atoms with Crippen LogP contribution in [0.3, 0.4) is 0 Å². The highest BCUT2D eigenvalue weighted by Crippen LogP contribution is 2.09. The molecule has 0 unspecified atom stereocenters. The van der Waals surface area contributed by atoms with Crippen molar-refractivity contribution in [1.29, 1.82) is 0 Å². The van der Waals surface area contributed by atoms with Crippen molar-refractivity contribution in [2.45, 2.75) is 26.9 Å². The highest BCUT2D eigenvalue weighted by Gasteiger charge is 2.01. The predicted molar refractivity (Wildman–Crippen MR) is 120 cm³/mol. The van der Waals surface area contributed by atoms with E-state index in [1.807, 2.05) is 18.2 Å². The molecule has 1 aromatic carbocycles. The van der Waals surface area contributed by atoms with Gasteiger partial charge in [-0.05, 0) is 30.5 Å². The quantitative estimate of drug-likeness (QED) is 0.248. The molecule has 0 bridgehead atoms. The van der Waals surface area contributed by atoms with E-state index >= 15 is 0 Å². The van der Waals surface area contributed by atoms with Gasteiger partial charge in [0.2, 0.25) is 5.88 Å². The Morgan fingerprint density at radius 2 is 1.93 bits per heavy atom. The first kappa shape index (κ1) is 23.2. The molecule has 0 atom stereocenters. The lowest BCUT2D eigenvalue weighted by Gasteiger charge is -2.12. The third-order valence-corrected chi connectivity index (χ3v) is 3.81. The van der Waals surface area contributed by atoms with Crippen LogP contribution >= 0.6 is 24.0 Å². The molecule has 0 amide bonds. The fraction of sp³-hybridized carbons (Fsp3) is 0.400. The van der Waals surface area contributed by atoms with Crippen LogP contribution in [-0.4, -0.2) is 37.8 Å². The van der Waals surface area contributed by atoms with Gasteiger partial charge in [-0.1, -0.05) is 30.3 Å². The maximum Gasteiger partial charge on any atom is 0.213 e. The number of aryl methyl sites for hydroxylation is 1. The van der Waals surface area contributed by atoms with Gasteiger partial charge < -0.3 is 20.1 Å². The number of nitrogens with one attached hydrogen (secondary N) is 2. The zero-order valence-electron chi connectivity index (χ0n) is 16.2. The Labute approximate surface area is 178 Å². The Balaban J connectivity index is 0.00000364. The van der Waals surface area contributed by atoms with Gasteiger partial charge in [-0.25, -0.2) is 9.98 Å². The molecule has 6 nitrogen and oxygen atoms in total. The molecule has 0 fully saturated rings. The minimum atomic E-state index is 0. The first-order valence-corrected chi connectivity index (χ1v) is 8.86. The van der Waals surface area contributed by atoms with Crippen LogP contribution in [0.1, 0.15) is 23.6 Å². The number of hydrogen-bond donors (Lipinski definition) is 2. The molecule has 1 heterocycles. The molecule has 2 aromatic rings. The molecule has 27 heavy (non-hydrogen) atoms. The maximum absolute atomic E-state index is 5.47. The normalized spacial score (nSPS) is 10.9. The molecule has 2 N–H and O–H groups in total. The fourth-order valence-corrected chi connectivity index (χ4v) is 2.32. The van der Waals surface area contributed by atoms with Crippen LogP contribution in [0.4, 0.5) is 0 Å². The Bertz CT molecular complexity index is 693. The van der Waals surface area contributed by atoms with E-state index in [1.165, 1.54) is 11.1 Å². The molecule has 0 saturated heterocycles. The largest absolute Gasteiger partial charge is 0.475 e. The second kappa shape index (κ2) is 13.3. The number of pyridine rings is 1. The van der Waals surface area contributed by atoms with Crippen molar-refractivity contribution in [1.82, 2.24) is 15.6 Å². The van der Waals surface area contributed by atoms with Gasteiger partial charge in [0, 0.05) is 32.5 Å². The molecule has 0 aliphatic heterocycles. The minimum Gasteiger partial charge on any atom is -0.475 e. The van der Waals surface area contributed by atoms with Crippen LogP contribution in [-0.2, 0) is 17.8 Å². The standard InChI is InChI=1S/C20H28N4O2.HI/c1-4-21-20(24-15-18-8-6-5-7-16(18)2)23-14-17-9-10-19(22-13-17)26-12-11-25-3;/h5-10,13H,4,11-12,14-15H2,1-3H3,(H2,21,23,24);1H. The van der Waals surface area contributed by atoms with Gasteiger partial charge in [-0.15, -0.1) is 24.0 Å². The molecule has 0 saturated carbocycles. The van der Waals surface area contributed by atoms with Gasteiger partial charge in [0.1, 0.15) is 6.61 Å². The monoisotopic (exact) mass is 484 g/mol. The molecule has 0 spiro atoms. The summed E-state index contributed by atoms with van der Waals surface area (Å²) in [5.41, 5.74) is 3.55. The highest BCUT2D eigenvalue weighted by molar-refractivity contribution is 14.0. The van der Waals surface area contributed by atoms with Gasteiger partial charge in [0.05, 0.1) is 13.2 Å². The fourth-order valence-electron chi connectivity index (χ4n) is 2.32. The van der Waals surface area contributed by atoms with E-state index in [9.17, 15) is 0 Å². The lowest BCUT2D eigenvalue weighted by Crippen LogP contribution is -2.36. The minimum absolute atomic E-state index is 0. The molecule has 0 radical (unpaired) electrons. The van der Waals surface area contributed by atoms with Crippen LogP contribution in [0.15, 0.2) is 47.6 Å². The maximum atomic E-state index is 5.47. The molecular weight excluding hydrogens is 455 g/mol. The average Bonchev–Trinajstić information content (AvgIpc) is 2.66. The Morgan fingerprint density at radius 1 is 1.11 bits per heavy atom. The van der Waals surface area contributed by atoms with Gasteiger partial charge in [-0.3, -0.25) is 0 Å². The van der Waals surface area contributed by atoms with E-state index in [4.69, 9.17) is 9.47 Å². The predicted octanol–water partition coefficient (Wildman–Crippen LogP) is 3.29. The summed E-state index contributed by atoms with van der Waals surface area (Å²) in [6.45, 7) is 7.31. The van der Waals surface area contributed by atoms with Gasteiger partial charge in [0.25, 0.3) is 0 Å². The Morgan fingerprint density at radius 3 is 2.59 bits per heavy atom. The number of methoxy groups -OCH3 is 1. The number of aromatic nitrogens is 1. The van der Waals surface area contributed by atoms with E-state index in [-0.39, 0.29) is 24.0 Å². The summed E-state index contributed by atoms with van der Waals surface area (Å²) in [6.07, 6.45) is 1.79. The van der Waals surface area contributed by atoms with Crippen molar-refractivity contribution >= 4 is 29.9 Å². The van der Waals surface area contributed by atoms with Gasteiger partial charge in [-0.2, -0.15) is 0 Å². The van der Waals surface area contributed by atoms with Crippen molar-refractivity contribution in [2.75, 3.05) is 26.9 Å². The number of hydrogen-bond acceptors (Lipinski definition) is 4. The number of nitrogens with zero attached hydrogens (tertiary/aromatic N) is 2. The summed E-state index contributed by atoms with van der Waals surface area (Å²) >= 11 is 0. The van der Waals surface area contributed by atoms with E-state index in [0.717, 1.165) is 24.6 Å². The van der Waals surface area contributed by atoms with E-state index < -0.39 is 0 Å².